The normalized spacial score (nSPS) is 10.3. The van der Waals surface area contributed by atoms with Crippen molar-refractivity contribution in [2.45, 2.75) is 6.92 Å². The second-order valence-corrected chi connectivity index (χ2v) is 6.96. The van der Waals surface area contributed by atoms with Crippen molar-refractivity contribution in [3.63, 3.8) is 0 Å². The molecule has 0 radical (unpaired) electrons. The number of thiazole rings is 1. The number of aryl methyl sites for hydroxylation is 1. The molecule has 0 unspecified atom stereocenters. The van der Waals surface area contributed by atoms with E-state index in [0.29, 0.717) is 27.9 Å². The first kappa shape index (κ1) is 20.3. The molecule has 0 fully saturated rings. The number of esters is 1. The van der Waals surface area contributed by atoms with E-state index in [0.717, 1.165) is 11.1 Å². The van der Waals surface area contributed by atoms with Gasteiger partial charge in [0.2, 0.25) is 0 Å². The minimum absolute atomic E-state index is 0.395. The molecule has 0 aliphatic rings. The SMILES string of the molecule is COc1ccc(-c2csc(NC(=O)COC(=O)c3cccc(C)c3)n2)c(OC)c1. The lowest BCUT2D eigenvalue weighted by atomic mass is 10.1. The van der Waals surface area contributed by atoms with Gasteiger partial charge in [0.05, 0.1) is 25.5 Å². The highest BCUT2D eigenvalue weighted by molar-refractivity contribution is 7.14. The third-order valence-corrected chi connectivity index (χ3v) is 4.78. The Kier molecular flexibility index (Phi) is 6.46. The van der Waals surface area contributed by atoms with Crippen LogP contribution in [0.25, 0.3) is 11.3 Å². The number of nitrogens with one attached hydrogen (secondary N) is 1. The number of carbonyl (C=O) groups excluding carboxylic acids is 2. The average molecular weight is 412 g/mol. The summed E-state index contributed by atoms with van der Waals surface area (Å²) >= 11 is 1.26. The van der Waals surface area contributed by atoms with Crippen LogP contribution in [-0.2, 0) is 9.53 Å². The summed E-state index contributed by atoms with van der Waals surface area (Å²) in [7, 11) is 3.15. The molecule has 2 aromatic carbocycles. The molecule has 0 bridgehead atoms. The van der Waals surface area contributed by atoms with E-state index in [2.05, 4.69) is 10.3 Å². The molecule has 3 rings (SSSR count). The summed E-state index contributed by atoms with van der Waals surface area (Å²) in [6, 6.07) is 12.4. The van der Waals surface area contributed by atoms with Crippen molar-refractivity contribution in [3.05, 3.63) is 59.0 Å². The maximum Gasteiger partial charge on any atom is 0.338 e. The van der Waals surface area contributed by atoms with Gasteiger partial charge in [-0.2, -0.15) is 0 Å². The fourth-order valence-corrected chi connectivity index (χ4v) is 3.33. The average Bonchev–Trinajstić information content (AvgIpc) is 3.19. The fraction of sp³-hybridized carbons (Fsp3) is 0.190. The van der Waals surface area contributed by atoms with Gasteiger partial charge >= 0.3 is 5.97 Å². The first-order valence-electron chi connectivity index (χ1n) is 8.71. The first-order chi connectivity index (χ1) is 14.0. The summed E-state index contributed by atoms with van der Waals surface area (Å²) in [5.41, 5.74) is 2.77. The van der Waals surface area contributed by atoms with Crippen LogP contribution in [-0.4, -0.2) is 37.7 Å². The Morgan fingerprint density at radius 1 is 1.10 bits per heavy atom. The first-order valence-corrected chi connectivity index (χ1v) is 9.59. The maximum atomic E-state index is 12.1. The summed E-state index contributed by atoms with van der Waals surface area (Å²) in [5, 5.41) is 4.84. The van der Waals surface area contributed by atoms with Crippen LogP contribution in [0.4, 0.5) is 5.13 Å². The fourth-order valence-electron chi connectivity index (χ4n) is 2.61. The van der Waals surface area contributed by atoms with Gasteiger partial charge in [0.25, 0.3) is 5.91 Å². The number of amides is 1. The van der Waals surface area contributed by atoms with Crippen molar-refractivity contribution in [2.24, 2.45) is 0 Å². The van der Waals surface area contributed by atoms with Crippen LogP contribution in [0.1, 0.15) is 15.9 Å². The Morgan fingerprint density at radius 3 is 2.66 bits per heavy atom. The monoisotopic (exact) mass is 412 g/mol. The van der Waals surface area contributed by atoms with Crippen LogP contribution < -0.4 is 14.8 Å². The van der Waals surface area contributed by atoms with Gasteiger partial charge in [-0.05, 0) is 31.2 Å². The van der Waals surface area contributed by atoms with Gasteiger partial charge in [-0.25, -0.2) is 9.78 Å². The van der Waals surface area contributed by atoms with Crippen molar-refractivity contribution < 1.29 is 23.8 Å². The summed E-state index contributed by atoms with van der Waals surface area (Å²) < 4.78 is 15.6. The lowest BCUT2D eigenvalue weighted by molar-refractivity contribution is -0.119. The number of methoxy groups -OCH3 is 2. The number of rotatable bonds is 7. The number of benzene rings is 2. The Labute approximate surface area is 172 Å². The number of nitrogens with zero attached hydrogens (tertiary/aromatic N) is 1. The van der Waals surface area contributed by atoms with E-state index in [-0.39, 0.29) is 0 Å². The third kappa shape index (κ3) is 5.11. The molecule has 0 saturated heterocycles. The van der Waals surface area contributed by atoms with E-state index >= 15 is 0 Å². The molecule has 29 heavy (non-hydrogen) atoms. The van der Waals surface area contributed by atoms with Crippen LogP contribution in [0.3, 0.4) is 0 Å². The van der Waals surface area contributed by atoms with Crippen LogP contribution >= 0.6 is 11.3 Å². The number of carbonyl (C=O) groups is 2. The Morgan fingerprint density at radius 2 is 1.93 bits per heavy atom. The summed E-state index contributed by atoms with van der Waals surface area (Å²) in [6.07, 6.45) is 0. The van der Waals surface area contributed by atoms with Crippen molar-refractivity contribution in [1.29, 1.82) is 0 Å². The van der Waals surface area contributed by atoms with Gasteiger partial charge < -0.3 is 14.2 Å². The van der Waals surface area contributed by atoms with Crippen molar-refractivity contribution in [1.82, 2.24) is 4.98 Å². The molecular weight excluding hydrogens is 392 g/mol. The molecule has 150 valence electrons. The van der Waals surface area contributed by atoms with E-state index in [1.54, 1.807) is 49.9 Å². The lowest BCUT2D eigenvalue weighted by Crippen LogP contribution is -2.20. The predicted molar refractivity (Wildman–Crippen MR) is 111 cm³/mol. The second kappa shape index (κ2) is 9.20. The van der Waals surface area contributed by atoms with E-state index in [1.807, 2.05) is 19.1 Å². The van der Waals surface area contributed by atoms with Gasteiger partial charge in [0.15, 0.2) is 11.7 Å². The molecule has 1 amide bonds. The topological polar surface area (TPSA) is 86.8 Å². The number of aromatic nitrogens is 1. The van der Waals surface area contributed by atoms with E-state index in [1.165, 1.54) is 11.3 Å². The van der Waals surface area contributed by atoms with Crippen molar-refractivity contribution >= 4 is 28.3 Å². The van der Waals surface area contributed by atoms with Gasteiger partial charge in [-0.15, -0.1) is 11.3 Å². The summed E-state index contributed by atoms with van der Waals surface area (Å²) in [4.78, 5) is 28.5. The zero-order valence-corrected chi connectivity index (χ0v) is 17.0. The van der Waals surface area contributed by atoms with E-state index in [9.17, 15) is 9.59 Å². The molecule has 0 spiro atoms. The minimum Gasteiger partial charge on any atom is -0.497 e. The lowest BCUT2D eigenvalue weighted by Gasteiger charge is -2.08. The molecule has 7 nitrogen and oxygen atoms in total. The highest BCUT2D eigenvalue weighted by atomic mass is 32.1. The van der Waals surface area contributed by atoms with Gasteiger partial charge in [-0.1, -0.05) is 17.7 Å². The molecule has 1 N–H and O–H groups in total. The van der Waals surface area contributed by atoms with Gasteiger partial charge in [0.1, 0.15) is 11.5 Å². The third-order valence-electron chi connectivity index (χ3n) is 4.02. The molecule has 1 heterocycles. The smallest absolute Gasteiger partial charge is 0.338 e. The standard InChI is InChI=1S/C21H20N2O5S/c1-13-5-4-6-14(9-13)20(25)28-11-19(24)23-21-22-17(12-29-21)16-8-7-15(26-2)10-18(16)27-3/h4-10,12H,11H2,1-3H3,(H,22,23,24). The molecule has 3 aromatic rings. The zero-order valence-electron chi connectivity index (χ0n) is 16.2. The van der Waals surface area contributed by atoms with Crippen molar-refractivity contribution in [2.75, 3.05) is 26.1 Å². The number of hydrogen-bond donors (Lipinski definition) is 1. The van der Waals surface area contributed by atoms with Gasteiger partial charge in [-0.3, -0.25) is 10.1 Å². The molecule has 0 saturated carbocycles. The number of ether oxygens (including phenoxy) is 3. The Balaban J connectivity index is 1.61. The largest absolute Gasteiger partial charge is 0.497 e. The van der Waals surface area contributed by atoms with E-state index in [4.69, 9.17) is 14.2 Å². The van der Waals surface area contributed by atoms with Crippen molar-refractivity contribution in [3.8, 4) is 22.8 Å². The second-order valence-electron chi connectivity index (χ2n) is 6.10. The summed E-state index contributed by atoms with van der Waals surface area (Å²) in [6.45, 7) is 1.48. The minimum atomic E-state index is -0.549. The molecule has 0 aliphatic heterocycles. The molecule has 0 aliphatic carbocycles. The highest BCUT2D eigenvalue weighted by Gasteiger charge is 2.14. The summed E-state index contributed by atoms with van der Waals surface area (Å²) in [5.74, 6) is 0.268. The zero-order chi connectivity index (χ0) is 20.8. The quantitative estimate of drug-likeness (QED) is 0.592. The van der Waals surface area contributed by atoms with Crippen LogP contribution in [0.2, 0.25) is 0 Å². The molecular formula is C21H20N2O5S. The van der Waals surface area contributed by atoms with Crippen LogP contribution in [0.5, 0.6) is 11.5 Å². The Hall–Kier alpha value is -3.39. The molecule has 8 heteroatoms. The Bertz CT molecular complexity index is 1030. The van der Waals surface area contributed by atoms with Crippen LogP contribution in [0.15, 0.2) is 47.8 Å². The highest BCUT2D eigenvalue weighted by Crippen LogP contribution is 2.34. The molecule has 1 aromatic heterocycles. The van der Waals surface area contributed by atoms with Gasteiger partial charge in [0, 0.05) is 17.0 Å². The number of anilines is 1. The van der Waals surface area contributed by atoms with Crippen LogP contribution in [0, 0.1) is 6.92 Å². The number of hydrogen-bond acceptors (Lipinski definition) is 7. The van der Waals surface area contributed by atoms with E-state index < -0.39 is 18.5 Å². The molecule has 0 atom stereocenters. The predicted octanol–water partition coefficient (Wildman–Crippen LogP) is 3.93. The maximum absolute atomic E-state index is 12.1.